The number of aliphatic hydroxyl groups excluding tert-OH is 1. The predicted octanol–water partition coefficient (Wildman–Crippen LogP) is 2.10. The molecule has 0 spiro atoms. The van der Waals surface area contributed by atoms with Crippen molar-refractivity contribution in [3.63, 3.8) is 0 Å². The standard InChI is InChI=1S/C18H20O7/c1-4-24-18(23)14-7-5-6-12(15(14)16(20)21)10-13(19)8-9-25-17(22)11(2)3/h4-7,13,19H,1-2,8-10H2,3H3,(H,20,21). The minimum atomic E-state index is -1.31. The minimum absolute atomic E-state index is 0.0263. The summed E-state index contributed by atoms with van der Waals surface area (Å²) in [5.74, 6) is -2.72. The zero-order valence-electron chi connectivity index (χ0n) is 13.9. The molecule has 0 saturated heterocycles. The van der Waals surface area contributed by atoms with Crippen LogP contribution in [0.25, 0.3) is 0 Å². The first-order chi connectivity index (χ1) is 11.8. The Bertz CT molecular complexity index is 691. The summed E-state index contributed by atoms with van der Waals surface area (Å²) in [7, 11) is 0. The van der Waals surface area contributed by atoms with Gasteiger partial charge in [0.2, 0.25) is 0 Å². The Morgan fingerprint density at radius 3 is 2.56 bits per heavy atom. The number of hydrogen-bond donors (Lipinski definition) is 2. The maximum atomic E-state index is 11.8. The van der Waals surface area contributed by atoms with Crippen LogP contribution in [0.2, 0.25) is 0 Å². The summed E-state index contributed by atoms with van der Waals surface area (Å²) in [6, 6.07) is 4.31. The maximum Gasteiger partial charge on any atom is 0.343 e. The van der Waals surface area contributed by atoms with E-state index in [4.69, 9.17) is 4.74 Å². The molecule has 1 unspecified atom stereocenters. The smallest absolute Gasteiger partial charge is 0.343 e. The lowest BCUT2D eigenvalue weighted by Gasteiger charge is -2.14. The van der Waals surface area contributed by atoms with Crippen molar-refractivity contribution in [3.8, 4) is 0 Å². The van der Waals surface area contributed by atoms with Crippen LogP contribution in [-0.2, 0) is 20.7 Å². The highest BCUT2D eigenvalue weighted by molar-refractivity contribution is 6.03. The number of rotatable bonds is 9. The van der Waals surface area contributed by atoms with Gasteiger partial charge in [-0.15, -0.1) is 0 Å². The quantitative estimate of drug-likeness (QED) is 0.399. The van der Waals surface area contributed by atoms with Crippen molar-refractivity contribution in [1.82, 2.24) is 0 Å². The molecule has 1 aromatic carbocycles. The Morgan fingerprint density at radius 1 is 1.32 bits per heavy atom. The summed E-state index contributed by atoms with van der Waals surface area (Å²) in [6.45, 7) is 8.16. The number of hydrogen-bond acceptors (Lipinski definition) is 6. The maximum absolute atomic E-state index is 11.8. The molecule has 0 amide bonds. The second-order valence-corrected chi connectivity index (χ2v) is 5.28. The highest BCUT2D eigenvalue weighted by atomic mass is 16.5. The van der Waals surface area contributed by atoms with Gasteiger partial charge in [-0.2, -0.15) is 0 Å². The van der Waals surface area contributed by atoms with Crippen LogP contribution in [0.5, 0.6) is 0 Å². The molecule has 134 valence electrons. The van der Waals surface area contributed by atoms with E-state index in [-0.39, 0.29) is 41.7 Å². The van der Waals surface area contributed by atoms with E-state index < -0.39 is 24.0 Å². The van der Waals surface area contributed by atoms with Crippen LogP contribution in [-0.4, -0.2) is 40.8 Å². The summed E-state index contributed by atoms with van der Waals surface area (Å²) < 4.78 is 9.51. The van der Waals surface area contributed by atoms with Crippen molar-refractivity contribution in [2.75, 3.05) is 6.61 Å². The molecule has 0 fully saturated rings. The molecule has 7 heteroatoms. The van der Waals surface area contributed by atoms with Crippen molar-refractivity contribution in [3.05, 3.63) is 59.9 Å². The van der Waals surface area contributed by atoms with Gasteiger partial charge in [0.05, 0.1) is 30.1 Å². The number of esters is 2. The van der Waals surface area contributed by atoms with Gasteiger partial charge in [0.25, 0.3) is 0 Å². The second-order valence-electron chi connectivity index (χ2n) is 5.28. The fourth-order valence-corrected chi connectivity index (χ4v) is 2.10. The third-order valence-electron chi connectivity index (χ3n) is 3.26. The van der Waals surface area contributed by atoms with Crippen LogP contribution in [0.4, 0.5) is 0 Å². The topological polar surface area (TPSA) is 110 Å². The van der Waals surface area contributed by atoms with E-state index >= 15 is 0 Å². The van der Waals surface area contributed by atoms with E-state index in [1.165, 1.54) is 25.1 Å². The number of carbonyl (C=O) groups is 3. The van der Waals surface area contributed by atoms with Gasteiger partial charge in [0, 0.05) is 12.0 Å². The van der Waals surface area contributed by atoms with E-state index in [2.05, 4.69) is 17.9 Å². The van der Waals surface area contributed by atoms with Gasteiger partial charge in [-0.05, 0) is 25.0 Å². The molecule has 7 nitrogen and oxygen atoms in total. The summed E-state index contributed by atoms with van der Waals surface area (Å²) in [4.78, 5) is 34.6. The van der Waals surface area contributed by atoms with E-state index in [1.54, 1.807) is 0 Å². The average molecular weight is 348 g/mol. The largest absolute Gasteiger partial charge is 0.478 e. The third-order valence-corrected chi connectivity index (χ3v) is 3.26. The summed E-state index contributed by atoms with van der Waals surface area (Å²) in [6.07, 6.45) is 0.0356. The Balaban J connectivity index is 2.87. The first-order valence-electron chi connectivity index (χ1n) is 7.45. The zero-order chi connectivity index (χ0) is 19.0. The third kappa shape index (κ3) is 5.89. The number of carbonyl (C=O) groups excluding carboxylic acids is 2. The highest BCUT2D eigenvalue weighted by Gasteiger charge is 2.22. The number of carboxylic acid groups (broad SMARTS) is 1. The lowest BCUT2D eigenvalue weighted by molar-refractivity contribution is -0.139. The monoisotopic (exact) mass is 348 g/mol. The van der Waals surface area contributed by atoms with E-state index in [0.29, 0.717) is 0 Å². The molecule has 0 aromatic heterocycles. The first kappa shape index (κ1) is 20.1. The summed E-state index contributed by atoms with van der Waals surface area (Å²) >= 11 is 0. The van der Waals surface area contributed by atoms with Gasteiger partial charge in [0.1, 0.15) is 0 Å². The van der Waals surface area contributed by atoms with Crippen molar-refractivity contribution >= 4 is 17.9 Å². The Morgan fingerprint density at radius 2 is 2.00 bits per heavy atom. The molecule has 1 aromatic rings. The zero-order valence-corrected chi connectivity index (χ0v) is 13.9. The molecule has 2 N–H and O–H groups in total. The number of ether oxygens (including phenoxy) is 2. The molecule has 25 heavy (non-hydrogen) atoms. The normalized spacial score (nSPS) is 11.3. The van der Waals surface area contributed by atoms with Crippen LogP contribution >= 0.6 is 0 Å². The minimum Gasteiger partial charge on any atom is -0.478 e. The molecule has 0 aliphatic heterocycles. The first-order valence-corrected chi connectivity index (χ1v) is 7.45. The Labute approximate surface area is 145 Å². The fourth-order valence-electron chi connectivity index (χ4n) is 2.10. The van der Waals surface area contributed by atoms with Gasteiger partial charge in [-0.25, -0.2) is 14.4 Å². The van der Waals surface area contributed by atoms with E-state index in [9.17, 15) is 24.6 Å². The molecule has 0 bridgehead atoms. The Kier molecular flexibility index (Phi) is 7.55. The summed E-state index contributed by atoms with van der Waals surface area (Å²) in [5.41, 5.74) is 0.138. The number of benzene rings is 1. The van der Waals surface area contributed by atoms with Crippen molar-refractivity contribution in [2.24, 2.45) is 0 Å². The molecule has 0 saturated carbocycles. The highest BCUT2D eigenvalue weighted by Crippen LogP contribution is 2.19. The van der Waals surface area contributed by atoms with E-state index in [0.717, 1.165) is 6.26 Å². The summed E-state index contributed by atoms with van der Waals surface area (Å²) in [5, 5.41) is 19.4. The predicted molar refractivity (Wildman–Crippen MR) is 89.1 cm³/mol. The van der Waals surface area contributed by atoms with Crippen LogP contribution in [0.3, 0.4) is 0 Å². The van der Waals surface area contributed by atoms with Crippen LogP contribution in [0.15, 0.2) is 43.2 Å². The molecular formula is C18H20O7. The molecule has 1 atom stereocenters. The number of carboxylic acids is 1. The second kappa shape index (κ2) is 9.39. The lowest BCUT2D eigenvalue weighted by atomic mass is 9.96. The number of aromatic carboxylic acids is 1. The van der Waals surface area contributed by atoms with Crippen molar-refractivity contribution in [2.45, 2.75) is 25.9 Å². The SMILES string of the molecule is C=COC(=O)c1cccc(CC(O)CCOC(=O)C(=C)C)c1C(=O)O. The molecule has 0 radical (unpaired) electrons. The van der Waals surface area contributed by atoms with Gasteiger partial charge in [0.15, 0.2) is 0 Å². The van der Waals surface area contributed by atoms with Crippen molar-refractivity contribution < 1.29 is 34.1 Å². The van der Waals surface area contributed by atoms with Gasteiger partial charge in [-0.1, -0.05) is 25.3 Å². The molecule has 0 aliphatic rings. The average Bonchev–Trinajstić information content (AvgIpc) is 2.54. The lowest BCUT2D eigenvalue weighted by Crippen LogP contribution is -2.19. The Hall–Kier alpha value is -2.93. The van der Waals surface area contributed by atoms with Crippen LogP contribution in [0, 0.1) is 0 Å². The molecule has 1 rings (SSSR count). The van der Waals surface area contributed by atoms with Crippen molar-refractivity contribution in [1.29, 1.82) is 0 Å². The van der Waals surface area contributed by atoms with Gasteiger partial charge in [-0.3, -0.25) is 0 Å². The van der Waals surface area contributed by atoms with E-state index in [1.807, 2.05) is 0 Å². The number of aliphatic hydroxyl groups is 1. The van der Waals surface area contributed by atoms with Crippen LogP contribution in [0.1, 0.15) is 39.6 Å². The molecule has 0 heterocycles. The molecule has 0 aliphatic carbocycles. The van der Waals surface area contributed by atoms with Crippen LogP contribution < -0.4 is 0 Å². The van der Waals surface area contributed by atoms with Gasteiger partial charge >= 0.3 is 17.9 Å². The van der Waals surface area contributed by atoms with Gasteiger partial charge < -0.3 is 19.7 Å². The molecular weight excluding hydrogens is 328 g/mol. The fraction of sp³-hybridized carbons (Fsp3) is 0.278.